The minimum atomic E-state index is -1.73. The number of hydrogen-bond donors (Lipinski definition) is 1. The molecule has 5 heteroatoms. The molecule has 5 nitrogen and oxygen atoms in total. The van der Waals surface area contributed by atoms with Crippen molar-refractivity contribution in [2.75, 3.05) is 0 Å². The van der Waals surface area contributed by atoms with E-state index < -0.39 is 17.5 Å². The second kappa shape index (κ2) is 5.75. The summed E-state index contributed by atoms with van der Waals surface area (Å²) in [5.74, 6) is -2.15. The van der Waals surface area contributed by atoms with Crippen molar-refractivity contribution < 1.29 is 24.2 Å². The summed E-state index contributed by atoms with van der Waals surface area (Å²) in [5, 5.41) is 9.24. The van der Waals surface area contributed by atoms with Gasteiger partial charge in [0.05, 0.1) is 0 Å². The SMILES string of the molecule is CC(=O)OC1(C(=O)O)C=CC(C(=O)c2ccccc2)=CC1. The first-order chi connectivity index (χ1) is 9.94. The molecule has 0 radical (unpaired) electrons. The van der Waals surface area contributed by atoms with Gasteiger partial charge >= 0.3 is 11.9 Å². The average Bonchev–Trinajstić information content (AvgIpc) is 2.47. The minimum Gasteiger partial charge on any atom is -0.478 e. The van der Waals surface area contributed by atoms with Crippen molar-refractivity contribution in [1.29, 1.82) is 0 Å². The lowest BCUT2D eigenvalue weighted by Gasteiger charge is -2.27. The molecule has 0 bridgehead atoms. The number of Topliss-reactive ketones (excluding diaryl/α,β-unsaturated/α-hetero) is 1. The fourth-order valence-corrected chi connectivity index (χ4v) is 2.08. The normalized spacial score (nSPS) is 20.5. The van der Waals surface area contributed by atoms with E-state index in [1.807, 2.05) is 0 Å². The molecule has 1 aromatic carbocycles. The molecule has 0 amide bonds. The van der Waals surface area contributed by atoms with Crippen molar-refractivity contribution in [2.24, 2.45) is 0 Å². The Bertz CT molecular complexity index is 642. The zero-order valence-corrected chi connectivity index (χ0v) is 11.4. The molecule has 0 saturated carbocycles. The van der Waals surface area contributed by atoms with Crippen LogP contribution in [-0.4, -0.2) is 28.4 Å². The third-order valence-corrected chi connectivity index (χ3v) is 3.14. The van der Waals surface area contributed by atoms with Crippen molar-refractivity contribution in [3.8, 4) is 0 Å². The fraction of sp³-hybridized carbons (Fsp3) is 0.188. The molecule has 0 heterocycles. The summed E-state index contributed by atoms with van der Waals surface area (Å²) in [6, 6.07) is 8.67. The average molecular weight is 286 g/mol. The molecule has 0 saturated heterocycles. The number of carboxylic acid groups (broad SMARTS) is 1. The summed E-state index contributed by atoms with van der Waals surface area (Å²) in [6.07, 6.45) is 4.03. The number of aliphatic carboxylic acids is 1. The topological polar surface area (TPSA) is 80.7 Å². The number of carboxylic acids is 1. The van der Waals surface area contributed by atoms with Gasteiger partial charge in [-0.25, -0.2) is 4.79 Å². The van der Waals surface area contributed by atoms with E-state index in [1.165, 1.54) is 18.2 Å². The summed E-state index contributed by atoms with van der Waals surface area (Å²) >= 11 is 0. The highest BCUT2D eigenvalue weighted by atomic mass is 16.6. The Morgan fingerprint density at radius 3 is 2.33 bits per heavy atom. The van der Waals surface area contributed by atoms with Crippen molar-refractivity contribution in [2.45, 2.75) is 18.9 Å². The largest absolute Gasteiger partial charge is 0.478 e. The number of carbonyl (C=O) groups is 3. The number of esters is 1. The number of ether oxygens (including phenoxy) is 1. The van der Waals surface area contributed by atoms with Crippen LogP contribution >= 0.6 is 0 Å². The molecule has 1 unspecified atom stereocenters. The zero-order valence-electron chi connectivity index (χ0n) is 11.4. The number of ketones is 1. The minimum absolute atomic E-state index is 0.0771. The Morgan fingerprint density at radius 2 is 1.86 bits per heavy atom. The van der Waals surface area contributed by atoms with Crippen LogP contribution in [0, 0.1) is 0 Å². The number of carbonyl (C=O) groups excluding carboxylic acids is 2. The van der Waals surface area contributed by atoms with E-state index in [9.17, 15) is 19.5 Å². The monoisotopic (exact) mass is 286 g/mol. The Hall–Kier alpha value is -2.69. The summed E-state index contributed by atoms with van der Waals surface area (Å²) in [7, 11) is 0. The first kappa shape index (κ1) is 14.7. The van der Waals surface area contributed by atoms with Crippen LogP contribution < -0.4 is 0 Å². The number of allylic oxidation sites excluding steroid dienone is 2. The van der Waals surface area contributed by atoms with Crippen LogP contribution in [0.3, 0.4) is 0 Å². The smallest absolute Gasteiger partial charge is 0.352 e. The third kappa shape index (κ3) is 3.08. The molecule has 108 valence electrons. The van der Waals surface area contributed by atoms with Crippen LogP contribution in [0.5, 0.6) is 0 Å². The molecule has 1 aliphatic rings. The standard InChI is InChI=1S/C16H14O5/c1-11(17)21-16(15(19)20)9-7-13(8-10-16)14(18)12-5-3-2-4-6-12/h2-9H,10H2,1H3,(H,19,20). The van der Waals surface area contributed by atoms with Gasteiger partial charge in [0.15, 0.2) is 5.78 Å². The lowest BCUT2D eigenvalue weighted by Crippen LogP contribution is -2.41. The van der Waals surface area contributed by atoms with Crippen LogP contribution in [0.4, 0.5) is 0 Å². The van der Waals surface area contributed by atoms with Gasteiger partial charge in [0.25, 0.3) is 0 Å². The van der Waals surface area contributed by atoms with Crippen LogP contribution in [0.2, 0.25) is 0 Å². The summed E-state index contributed by atoms with van der Waals surface area (Å²) in [4.78, 5) is 34.6. The maximum Gasteiger partial charge on any atom is 0.352 e. The van der Waals surface area contributed by atoms with Gasteiger partial charge in [0, 0.05) is 24.5 Å². The van der Waals surface area contributed by atoms with Gasteiger partial charge in [0.2, 0.25) is 5.60 Å². The fourth-order valence-electron chi connectivity index (χ4n) is 2.08. The van der Waals surface area contributed by atoms with Crippen molar-refractivity contribution in [3.05, 3.63) is 59.7 Å². The second-order valence-corrected chi connectivity index (χ2v) is 4.68. The molecule has 0 aromatic heterocycles. The van der Waals surface area contributed by atoms with Gasteiger partial charge in [0.1, 0.15) is 0 Å². The van der Waals surface area contributed by atoms with E-state index in [2.05, 4.69) is 0 Å². The van der Waals surface area contributed by atoms with Gasteiger partial charge in [-0.1, -0.05) is 42.5 Å². The van der Waals surface area contributed by atoms with E-state index in [1.54, 1.807) is 30.3 Å². The lowest BCUT2D eigenvalue weighted by molar-refractivity contribution is -0.171. The zero-order chi connectivity index (χ0) is 15.5. The number of rotatable bonds is 4. The maximum absolute atomic E-state index is 12.2. The van der Waals surface area contributed by atoms with Crippen LogP contribution in [0.15, 0.2) is 54.1 Å². The predicted octanol–water partition coefficient (Wildman–Crippen LogP) is 2.14. The molecule has 1 aliphatic carbocycles. The maximum atomic E-state index is 12.2. The summed E-state index contributed by atoms with van der Waals surface area (Å²) < 4.78 is 4.89. The quantitative estimate of drug-likeness (QED) is 0.677. The molecule has 1 aromatic rings. The molecule has 2 rings (SSSR count). The van der Waals surface area contributed by atoms with E-state index in [4.69, 9.17) is 4.74 Å². The van der Waals surface area contributed by atoms with Gasteiger partial charge in [-0.15, -0.1) is 0 Å². The molecule has 1 N–H and O–H groups in total. The van der Waals surface area contributed by atoms with E-state index in [0.717, 1.165) is 6.92 Å². The highest BCUT2D eigenvalue weighted by molar-refractivity contribution is 6.11. The Balaban J connectivity index is 2.22. The van der Waals surface area contributed by atoms with Crippen molar-refractivity contribution >= 4 is 17.7 Å². The predicted molar refractivity (Wildman–Crippen MR) is 74.7 cm³/mol. The Kier molecular flexibility index (Phi) is 4.03. The van der Waals surface area contributed by atoms with Crippen molar-refractivity contribution in [3.63, 3.8) is 0 Å². The molecule has 0 fully saturated rings. The molecule has 0 aliphatic heterocycles. The molecule has 1 atom stereocenters. The lowest BCUT2D eigenvalue weighted by atomic mass is 9.89. The summed E-state index contributed by atoms with van der Waals surface area (Å²) in [5.41, 5.74) is -0.833. The summed E-state index contributed by atoms with van der Waals surface area (Å²) in [6.45, 7) is 1.15. The van der Waals surface area contributed by atoms with E-state index in [0.29, 0.717) is 11.1 Å². The van der Waals surface area contributed by atoms with Gasteiger partial charge < -0.3 is 9.84 Å². The highest BCUT2D eigenvalue weighted by Crippen LogP contribution is 2.27. The van der Waals surface area contributed by atoms with Crippen LogP contribution in [0.1, 0.15) is 23.7 Å². The van der Waals surface area contributed by atoms with Gasteiger partial charge in [-0.05, 0) is 6.08 Å². The first-order valence-corrected chi connectivity index (χ1v) is 6.37. The number of hydrogen-bond acceptors (Lipinski definition) is 4. The highest BCUT2D eigenvalue weighted by Gasteiger charge is 2.40. The Morgan fingerprint density at radius 1 is 1.19 bits per heavy atom. The molecular weight excluding hydrogens is 272 g/mol. The van der Waals surface area contributed by atoms with E-state index in [-0.39, 0.29) is 12.2 Å². The first-order valence-electron chi connectivity index (χ1n) is 6.37. The van der Waals surface area contributed by atoms with Crippen molar-refractivity contribution in [1.82, 2.24) is 0 Å². The molecule has 0 spiro atoms. The van der Waals surface area contributed by atoms with Gasteiger partial charge in [-0.3, -0.25) is 9.59 Å². The van der Waals surface area contributed by atoms with Crippen LogP contribution in [0.25, 0.3) is 0 Å². The van der Waals surface area contributed by atoms with Crippen LogP contribution in [-0.2, 0) is 14.3 Å². The second-order valence-electron chi connectivity index (χ2n) is 4.68. The van der Waals surface area contributed by atoms with E-state index >= 15 is 0 Å². The molecule has 21 heavy (non-hydrogen) atoms. The molecular formula is C16H14O5. The Labute approximate surface area is 121 Å². The third-order valence-electron chi connectivity index (χ3n) is 3.14. The number of benzene rings is 1. The van der Waals surface area contributed by atoms with Gasteiger partial charge in [-0.2, -0.15) is 0 Å².